The number of benzene rings is 2. The number of aryl methyl sites for hydroxylation is 1. The van der Waals surface area contributed by atoms with Crippen molar-refractivity contribution in [3.8, 4) is 0 Å². The lowest BCUT2D eigenvalue weighted by molar-refractivity contribution is -0.124. The van der Waals surface area contributed by atoms with E-state index in [0.29, 0.717) is 18.0 Å². The van der Waals surface area contributed by atoms with Crippen LogP contribution in [0.1, 0.15) is 54.4 Å². The standard InChI is InChI=1S/C27H30N2O3/c1-27(2,3)19-13-14-23-21(15-19)25(20-11-7-8-12-22(20)29-23)26(31)32-17-24(30)28-16-18-9-5-4-6-10-18/h4-12,19H,13-17H2,1-3H3,(H,28,30). The van der Waals surface area contributed by atoms with Crippen LogP contribution < -0.4 is 5.32 Å². The summed E-state index contributed by atoms with van der Waals surface area (Å²) in [4.78, 5) is 30.4. The average Bonchev–Trinajstić information content (AvgIpc) is 2.79. The van der Waals surface area contributed by atoms with Crippen molar-refractivity contribution in [3.05, 3.63) is 77.0 Å². The van der Waals surface area contributed by atoms with Gasteiger partial charge in [-0.3, -0.25) is 9.78 Å². The molecule has 4 rings (SSSR count). The molecule has 0 fully saturated rings. The Hall–Kier alpha value is -3.21. The second-order valence-electron chi connectivity index (χ2n) is 9.57. The Balaban J connectivity index is 1.54. The van der Waals surface area contributed by atoms with Crippen molar-refractivity contribution in [2.75, 3.05) is 6.61 Å². The van der Waals surface area contributed by atoms with Gasteiger partial charge in [-0.15, -0.1) is 0 Å². The third-order valence-electron chi connectivity index (χ3n) is 6.35. The quantitative estimate of drug-likeness (QED) is 0.587. The summed E-state index contributed by atoms with van der Waals surface area (Å²) >= 11 is 0. The number of amides is 1. The summed E-state index contributed by atoms with van der Waals surface area (Å²) in [6.45, 7) is 6.82. The average molecular weight is 431 g/mol. The smallest absolute Gasteiger partial charge is 0.339 e. The van der Waals surface area contributed by atoms with Gasteiger partial charge >= 0.3 is 5.97 Å². The molecule has 1 atom stereocenters. The Morgan fingerprint density at radius 2 is 1.78 bits per heavy atom. The number of fused-ring (bicyclic) bond motifs is 2. The molecule has 1 aliphatic carbocycles. The summed E-state index contributed by atoms with van der Waals surface area (Å²) in [5.74, 6) is -0.315. The maximum Gasteiger partial charge on any atom is 0.339 e. The number of hydrogen-bond donors (Lipinski definition) is 1. The summed E-state index contributed by atoms with van der Waals surface area (Å²) < 4.78 is 5.49. The molecule has 3 aromatic rings. The highest BCUT2D eigenvalue weighted by atomic mass is 16.5. The molecule has 1 unspecified atom stereocenters. The van der Waals surface area contributed by atoms with E-state index in [1.807, 2.05) is 54.6 Å². The number of esters is 1. The number of rotatable bonds is 5. The van der Waals surface area contributed by atoms with E-state index in [0.717, 1.165) is 47.0 Å². The molecule has 1 amide bonds. The van der Waals surface area contributed by atoms with Gasteiger partial charge in [0.25, 0.3) is 5.91 Å². The van der Waals surface area contributed by atoms with E-state index in [1.165, 1.54) is 0 Å². The maximum absolute atomic E-state index is 13.2. The number of hydrogen-bond acceptors (Lipinski definition) is 4. The van der Waals surface area contributed by atoms with Gasteiger partial charge in [-0.2, -0.15) is 0 Å². The summed E-state index contributed by atoms with van der Waals surface area (Å²) in [6, 6.07) is 17.3. The molecular formula is C27H30N2O3. The molecule has 0 spiro atoms. The van der Waals surface area contributed by atoms with Crippen LogP contribution in [-0.4, -0.2) is 23.5 Å². The Labute approximate surface area is 189 Å². The van der Waals surface area contributed by atoms with Crippen molar-refractivity contribution in [1.29, 1.82) is 0 Å². The lowest BCUT2D eigenvalue weighted by atomic mass is 9.70. The summed E-state index contributed by atoms with van der Waals surface area (Å²) in [5, 5.41) is 3.59. The second-order valence-corrected chi connectivity index (χ2v) is 9.57. The van der Waals surface area contributed by atoms with E-state index >= 15 is 0 Å². The Bertz CT molecular complexity index is 1130. The van der Waals surface area contributed by atoms with Gasteiger partial charge < -0.3 is 10.1 Å². The van der Waals surface area contributed by atoms with E-state index in [-0.39, 0.29) is 17.9 Å². The van der Waals surface area contributed by atoms with Crippen LogP contribution in [0.5, 0.6) is 0 Å². The van der Waals surface area contributed by atoms with E-state index in [9.17, 15) is 9.59 Å². The minimum Gasteiger partial charge on any atom is -0.452 e. The van der Waals surface area contributed by atoms with Gasteiger partial charge in [0.05, 0.1) is 11.1 Å². The van der Waals surface area contributed by atoms with Gasteiger partial charge in [0.1, 0.15) is 0 Å². The minimum atomic E-state index is -0.454. The van der Waals surface area contributed by atoms with Crippen LogP contribution in [-0.2, 0) is 28.9 Å². The molecule has 0 saturated heterocycles. The van der Waals surface area contributed by atoms with Crippen LogP contribution in [0.15, 0.2) is 54.6 Å². The zero-order valence-corrected chi connectivity index (χ0v) is 19.0. The van der Waals surface area contributed by atoms with Gasteiger partial charge in [0.15, 0.2) is 6.61 Å². The van der Waals surface area contributed by atoms with Crippen LogP contribution in [0.3, 0.4) is 0 Å². The molecule has 32 heavy (non-hydrogen) atoms. The van der Waals surface area contributed by atoms with Crippen molar-refractivity contribution in [2.24, 2.45) is 11.3 Å². The number of pyridine rings is 1. The second kappa shape index (κ2) is 9.11. The zero-order chi connectivity index (χ0) is 22.7. The first-order valence-electron chi connectivity index (χ1n) is 11.2. The number of carbonyl (C=O) groups excluding carboxylic acids is 2. The van der Waals surface area contributed by atoms with Crippen LogP contribution in [0.2, 0.25) is 0 Å². The maximum atomic E-state index is 13.2. The topological polar surface area (TPSA) is 68.3 Å². The fourth-order valence-corrected chi connectivity index (χ4v) is 4.41. The summed E-state index contributed by atoms with van der Waals surface area (Å²) in [7, 11) is 0. The van der Waals surface area contributed by atoms with Gasteiger partial charge in [-0.05, 0) is 47.8 Å². The molecule has 1 N–H and O–H groups in total. The van der Waals surface area contributed by atoms with E-state index < -0.39 is 5.97 Å². The zero-order valence-electron chi connectivity index (χ0n) is 19.0. The van der Waals surface area contributed by atoms with Crippen LogP contribution in [0.25, 0.3) is 10.9 Å². The number of ether oxygens (including phenoxy) is 1. The third kappa shape index (κ3) is 4.82. The summed E-state index contributed by atoms with van der Waals surface area (Å²) in [6.07, 6.45) is 2.69. The molecule has 0 bridgehead atoms. The van der Waals surface area contributed by atoms with E-state index in [1.54, 1.807) is 0 Å². The molecule has 5 nitrogen and oxygen atoms in total. The Morgan fingerprint density at radius 3 is 2.53 bits per heavy atom. The van der Waals surface area contributed by atoms with Crippen molar-refractivity contribution in [1.82, 2.24) is 10.3 Å². The molecule has 0 aliphatic heterocycles. The van der Waals surface area contributed by atoms with Gasteiger partial charge in [-0.1, -0.05) is 69.3 Å². The highest BCUT2D eigenvalue weighted by Gasteiger charge is 2.33. The highest BCUT2D eigenvalue weighted by molar-refractivity contribution is 6.05. The molecular weight excluding hydrogens is 400 g/mol. The van der Waals surface area contributed by atoms with Gasteiger partial charge in [0, 0.05) is 17.6 Å². The first-order chi connectivity index (χ1) is 15.3. The minimum absolute atomic E-state index is 0.141. The number of carbonyl (C=O) groups is 2. The molecule has 1 heterocycles. The predicted octanol–water partition coefficient (Wildman–Crippen LogP) is 4.86. The third-order valence-corrected chi connectivity index (χ3v) is 6.35. The van der Waals surface area contributed by atoms with Gasteiger partial charge in [0.2, 0.25) is 0 Å². The Morgan fingerprint density at radius 1 is 1.06 bits per heavy atom. The molecule has 1 aromatic heterocycles. The first-order valence-corrected chi connectivity index (χ1v) is 11.2. The number of nitrogens with one attached hydrogen (secondary N) is 1. The lowest BCUT2D eigenvalue weighted by Crippen LogP contribution is -2.30. The largest absolute Gasteiger partial charge is 0.452 e. The van der Waals surface area contributed by atoms with Crippen molar-refractivity contribution in [2.45, 2.75) is 46.6 Å². The van der Waals surface area contributed by atoms with Crippen LogP contribution in [0.4, 0.5) is 0 Å². The molecule has 5 heteroatoms. The molecule has 2 aromatic carbocycles. The van der Waals surface area contributed by atoms with Crippen molar-refractivity contribution in [3.63, 3.8) is 0 Å². The molecule has 0 saturated carbocycles. The Kier molecular flexibility index (Phi) is 6.26. The summed E-state index contributed by atoms with van der Waals surface area (Å²) in [5.41, 5.74) is 4.45. The first kappa shape index (κ1) is 22.0. The van der Waals surface area contributed by atoms with E-state index in [4.69, 9.17) is 9.72 Å². The molecule has 0 radical (unpaired) electrons. The van der Waals surface area contributed by atoms with E-state index in [2.05, 4.69) is 26.1 Å². The highest BCUT2D eigenvalue weighted by Crippen LogP contribution is 2.39. The monoisotopic (exact) mass is 430 g/mol. The van der Waals surface area contributed by atoms with Crippen molar-refractivity contribution >= 4 is 22.8 Å². The SMILES string of the molecule is CC(C)(C)C1CCc2nc3ccccc3c(C(=O)OCC(=O)NCc3ccccc3)c2C1. The fraction of sp³-hybridized carbons (Fsp3) is 0.370. The normalized spacial score (nSPS) is 15.8. The van der Waals surface area contributed by atoms with Crippen molar-refractivity contribution < 1.29 is 14.3 Å². The number of para-hydroxylation sites is 1. The van der Waals surface area contributed by atoms with Gasteiger partial charge in [-0.25, -0.2) is 4.79 Å². The number of aromatic nitrogens is 1. The molecule has 1 aliphatic rings. The van der Waals surface area contributed by atoms with Crippen LogP contribution >= 0.6 is 0 Å². The van der Waals surface area contributed by atoms with Crippen LogP contribution in [0, 0.1) is 11.3 Å². The lowest BCUT2D eigenvalue weighted by Gasteiger charge is -2.35. The molecule has 166 valence electrons. The fourth-order valence-electron chi connectivity index (χ4n) is 4.41. The number of nitrogens with zero attached hydrogens (tertiary/aromatic N) is 1. The predicted molar refractivity (Wildman–Crippen MR) is 125 cm³/mol.